The molecule has 1 aromatic heterocycles. The fourth-order valence-corrected chi connectivity index (χ4v) is 2.28. The van der Waals surface area contributed by atoms with Crippen LogP contribution in [-0.4, -0.2) is 35.7 Å². The van der Waals surface area contributed by atoms with Gasteiger partial charge in [-0.25, -0.2) is 4.99 Å². The summed E-state index contributed by atoms with van der Waals surface area (Å²) in [6.07, 6.45) is 4.15. The molecule has 1 fully saturated rings. The van der Waals surface area contributed by atoms with Crippen molar-refractivity contribution in [1.29, 1.82) is 0 Å². The van der Waals surface area contributed by atoms with E-state index in [0.717, 1.165) is 37.2 Å². The molecule has 5 nitrogen and oxygen atoms in total. The van der Waals surface area contributed by atoms with Crippen LogP contribution in [0.3, 0.4) is 0 Å². The first kappa shape index (κ1) is 12.9. The number of nitrogens with one attached hydrogen (secondary N) is 1. The van der Waals surface area contributed by atoms with Crippen molar-refractivity contribution in [1.82, 2.24) is 15.4 Å². The maximum Gasteiger partial charge on any atom is 0.194 e. The van der Waals surface area contributed by atoms with E-state index in [0.29, 0.717) is 6.54 Å². The molecule has 1 aromatic rings. The second-order valence-electron chi connectivity index (χ2n) is 4.85. The summed E-state index contributed by atoms with van der Waals surface area (Å²) in [4.78, 5) is 6.97. The quantitative estimate of drug-likeness (QED) is 0.657. The molecule has 18 heavy (non-hydrogen) atoms. The average Bonchev–Trinajstić information content (AvgIpc) is 2.87. The van der Waals surface area contributed by atoms with Gasteiger partial charge < -0.3 is 14.7 Å². The number of hydrogen-bond donors (Lipinski definition) is 1. The van der Waals surface area contributed by atoms with Gasteiger partial charge in [0.1, 0.15) is 12.0 Å². The van der Waals surface area contributed by atoms with Crippen LogP contribution in [0.4, 0.5) is 0 Å². The Kier molecular flexibility index (Phi) is 4.61. The Bertz CT molecular complexity index is 374. The zero-order valence-corrected chi connectivity index (χ0v) is 11.2. The van der Waals surface area contributed by atoms with Gasteiger partial charge in [0.15, 0.2) is 5.96 Å². The maximum atomic E-state index is 4.82. The minimum Gasteiger partial charge on any atom is -0.364 e. The fourth-order valence-electron chi connectivity index (χ4n) is 2.28. The molecule has 2 rings (SSSR count). The van der Waals surface area contributed by atoms with Gasteiger partial charge in [0.05, 0.1) is 6.54 Å². The van der Waals surface area contributed by atoms with Gasteiger partial charge in [-0.05, 0) is 25.7 Å². The number of likely N-dealkylation sites (tertiary alicyclic amines) is 1. The fraction of sp³-hybridized carbons (Fsp3) is 0.692. The van der Waals surface area contributed by atoms with Gasteiger partial charge in [-0.3, -0.25) is 0 Å². The first-order chi connectivity index (χ1) is 8.79. The van der Waals surface area contributed by atoms with Crippen LogP contribution in [0.15, 0.2) is 21.8 Å². The van der Waals surface area contributed by atoms with Crippen LogP contribution in [0.25, 0.3) is 0 Å². The van der Waals surface area contributed by atoms with E-state index in [1.165, 1.54) is 12.8 Å². The molecular weight excluding hydrogens is 228 g/mol. The second-order valence-corrected chi connectivity index (χ2v) is 4.85. The van der Waals surface area contributed by atoms with Crippen molar-refractivity contribution in [2.75, 3.05) is 19.6 Å². The van der Waals surface area contributed by atoms with Crippen LogP contribution in [0.1, 0.15) is 32.4 Å². The zero-order chi connectivity index (χ0) is 12.8. The van der Waals surface area contributed by atoms with Gasteiger partial charge in [-0.2, -0.15) is 0 Å². The first-order valence-electron chi connectivity index (χ1n) is 6.72. The molecular formula is C13H22N4O. The minimum atomic E-state index is 0.573. The Balaban J connectivity index is 1.99. The molecule has 0 spiro atoms. The van der Waals surface area contributed by atoms with E-state index < -0.39 is 0 Å². The normalized spacial score (nSPS) is 21.1. The van der Waals surface area contributed by atoms with Crippen molar-refractivity contribution in [2.45, 2.75) is 33.2 Å². The molecule has 1 atom stereocenters. The van der Waals surface area contributed by atoms with Crippen molar-refractivity contribution >= 4 is 5.96 Å². The molecule has 2 heterocycles. The lowest BCUT2D eigenvalue weighted by molar-refractivity contribution is 0.266. The molecule has 5 heteroatoms. The topological polar surface area (TPSA) is 53.7 Å². The highest BCUT2D eigenvalue weighted by Crippen LogP contribution is 2.15. The van der Waals surface area contributed by atoms with E-state index in [1.54, 1.807) is 6.26 Å². The van der Waals surface area contributed by atoms with Crippen molar-refractivity contribution in [2.24, 2.45) is 10.9 Å². The van der Waals surface area contributed by atoms with E-state index in [-0.39, 0.29) is 0 Å². The van der Waals surface area contributed by atoms with Gasteiger partial charge in [-0.1, -0.05) is 12.1 Å². The van der Waals surface area contributed by atoms with Gasteiger partial charge in [0.25, 0.3) is 0 Å². The van der Waals surface area contributed by atoms with E-state index in [2.05, 4.69) is 34.2 Å². The summed E-state index contributed by atoms with van der Waals surface area (Å²) in [6, 6.07) is 1.85. The number of rotatable bonds is 3. The molecule has 0 saturated carbocycles. The maximum absolute atomic E-state index is 4.82. The van der Waals surface area contributed by atoms with Gasteiger partial charge in [0, 0.05) is 25.7 Å². The molecule has 100 valence electrons. The Labute approximate surface area is 108 Å². The summed E-state index contributed by atoms with van der Waals surface area (Å²) in [6.45, 7) is 8.04. The summed E-state index contributed by atoms with van der Waals surface area (Å²) in [5.74, 6) is 1.74. The number of piperidine rings is 1. The summed E-state index contributed by atoms with van der Waals surface area (Å²) in [7, 11) is 0. The summed E-state index contributed by atoms with van der Waals surface area (Å²) < 4.78 is 4.82. The molecule has 0 aromatic carbocycles. The smallest absolute Gasteiger partial charge is 0.194 e. The SMILES string of the molecule is CCNC(=NCc1ccon1)N1CCCC(C)C1. The zero-order valence-electron chi connectivity index (χ0n) is 11.2. The summed E-state index contributed by atoms with van der Waals surface area (Å²) in [5.41, 5.74) is 0.871. The largest absolute Gasteiger partial charge is 0.364 e. The van der Waals surface area contributed by atoms with Crippen LogP contribution >= 0.6 is 0 Å². The third-order valence-electron chi connectivity index (χ3n) is 3.17. The third-order valence-corrected chi connectivity index (χ3v) is 3.17. The number of guanidine groups is 1. The molecule has 1 unspecified atom stereocenters. The third kappa shape index (κ3) is 3.48. The first-order valence-corrected chi connectivity index (χ1v) is 6.72. The van der Waals surface area contributed by atoms with Gasteiger partial charge in [0.2, 0.25) is 0 Å². The number of aliphatic imine (C=N–C) groups is 1. The van der Waals surface area contributed by atoms with E-state index in [1.807, 2.05) is 6.07 Å². The Morgan fingerprint density at radius 2 is 2.56 bits per heavy atom. The van der Waals surface area contributed by atoms with E-state index in [4.69, 9.17) is 4.52 Å². The monoisotopic (exact) mass is 250 g/mol. The van der Waals surface area contributed by atoms with Crippen molar-refractivity contribution in [3.63, 3.8) is 0 Å². The van der Waals surface area contributed by atoms with Crippen LogP contribution in [0.5, 0.6) is 0 Å². The standard InChI is InChI=1S/C13H22N4O/c1-3-14-13(15-9-12-6-8-18-16-12)17-7-4-5-11(2)10-17/h6,8,11H,3-5,7,9-10H2,1-2H3,(H,14,15). The van der Waals surface area contributed by atoms with Crippen molar-refractivity contribution in [3.05, 3.63) is 18.0 Å². The summed E-state index contributed by atoms with van der Waals surface area (Å²) >= 11 is 0. The van der Waals surface area contributed by atoms with Crippen LogP contribution in [0.2, 0.25) is 0 Å². The Morgan fingerprint density at radius 1 is 1.67 bits per heavy atom. The summed E-state index contributed by atoms with van der Waals surface area (Å²) in [5, 5.41) is 7.23. The minimum absolute atomic E-state index is 0.573. The highest BCUT2D eigenvalue weighted by molar-refractivity contribution is 5.80. The molecule has 0 bridgehead atoms. The van der Waals surface area contributed by atoms with Crippen LogP contribution in [0, 0.1) is 5.92 Å². The molecule has 0 amide bonds. The Hall–Kier alpha value is -1.52. The lowest BCUT2D eigenvalue weighted by Gasteiger charge is -2.33. The molecule has 1 aliphatic rings. The Morgan fingerprint density at radius 3 is 3.22 bits per heavy atom. The molecule has 1 N–H and O–H groups in total. The number of aromatic nitrogens is 1. The number of hydrogen-bond acceptors (Lipinski definition) is 3. The second kappa shape index (κ2) is 6.42. The lowest BCUT2D eigenvalue weighted by Crippen LogP contribution is -2.46. The average molecular weight is 250 g/mol. The molecule has 1 saturated heterocycles. The molecule has 1 aliphatic heterocycles. The highest BCUT2D eigenvalue weighted by atomic mass is 16.5. The molecule has 0 radical (unpaired) electrons. The predicted octanol–water partition coefficient (Wildman–Crippen LogP) is 1.87. The lowest BCUT2D eigenvalue weighted by atomic mass is 10.0. The predicted molar refractivity (Wildman–Crippen MR) is 71.3 cm³/mol. The van der Waals surface area contributed by atoms with Crippen LogP contribution < -0.4 is 5.32 Å². The highest BCUT2D eigenvalue weighted by Gasteiger charge is 2.19. The van der Waals surface area contributed by atoms with Crippen molar-refractivity contribution in [3.8, 4) is 0 Å². The number of nitrogens with zero attached hydrogens (tertiary/aromatic N) is 3. The van der Waals surface area contributed by atoms with Crippen LogP contribution in [-0.2, 0) is 6.54 Å². The van der Waals surface area contributed by atoms with E-state index >= 15 is 0 Å². The van der Waals surface area contributed by atoms with E-state index in [9.17, 15) is 0 Å². The van der Waals surface area contributed by atoms with Gasteiger partial charge >= 0.3 is 0 Å². The van der Waals surface area contributed by atoms with Gasteiger partial charge in [-0.15, -0.1) is 0 Å². The van der Waals surface area contributed by atoms with Crippen molar-refractivity contribution < 1.29 is 4.52 Å². The molecule has 0 aliphatic carbocycles.